The first-order chi connectivity index (χ1) is 4.41. The molecule has 0 unspecified atom stereocenters. The van der Waals surface area contributed by atoms with Gasteiger partial charge in [-0.05, 0) is 0 Å². The maximum absolute atomic E-state index is 9.29. The number of nitrogens with two attached hydrogens (primary N) is 1. The molecule has 5 heteroatoms. The molecule has 0 amide bonds. The summed E-state index contributed by atoms with van der Waals surface area (Å²) >= 11 is 0. The van der Waals surface area contributed by atoms with Crippen LogP contribution in [0.1, 0.15) is 0 Å². The van der Waals surface area contributed by atoms with Crippen LogP contribution in [0.25, 0.3) is 0 Å². The molecule has 2 N–H and O–H groups in total. The highest BCUT2D eigenvalue weighted by Crippen LogP contribution is 1.75. The number of nitrogens with zero attached hydrogens (tertiary/aromatic N) is 1. The molecule has 0 bridgehead atoms. The van der Waals surface area contributed by atoms with E-state index in [1.807, 2.05) is 0 Å². The topological polar surface area (TPSA) is 73.9 Å². The van der Waals surface area contributed by atoms with E-state index in [1.165, 1.54) is 0 Å². The summed E-state index contributed by atoms with van der Waals surface area (Å²) in [6.07, 6.45) is 0. The third-order valence-corrected chi connectivity index (χ3v) is 0.634. The zero-order valence-corrected chi connectivity index (χ0v) is 5.08. The summed E-state index contributed by atoms with van der Waals surface area (Å²) in [6, 6.07) is 0. The fraction of sp³-hybridized carbons (Fsp3) is 1.00. The molecule has 0 aromatic rings. The lowest BCUT2D eigenvalue weighted by atomic mass is 10.7. The minimum Gasteiger partial charge on any atom is -0.376 e. The van der Waals surface area contributed by atoms with Crippen molar-refractivity contribution in [3.8, 4) is 0 Å². The van der Waals surface area contributed by atoms with Crippen LogP contribution in [0.2, 0.25) is 0 Å². The van der Waals surface area contributed by atoms with E-state index in [-0.39, 0.29) is 6.61 Å². The van der Waals surface area contributed by atoms with Crippen LogP contribution < -0.4 is 5.73 Å². The third-order valence-electron chi connectivity index (χ3n) is 0.634. The Morgan fingerprint density at radius 1 is 1.33 bits per heavy atom. The van der Waals surface area contributed by atoms with Crippen LogP contribution in [-0.2, 0) is 9.57 Å². The maximum Gasteiger partial charge on any atom is 0.155 e. The first-order valence-corrected chi connectivity index (χ1v) is 2.64. The van der Waals surface area contributed by atoms with Gasteiger partial charge in [-0.15, -0.1) is 4.91 Å². The number of ether oxygens (including phenoxy) is 1. The SMILES string of the molecule is NCCOCCON=O. The largest absolute Gasteiger partial charge is 0.376 e. The van der Waals surface area contributed by atoms with Crippen molar-refractivity contribution in [3.63, 3.8) is 0 Å². The van der Waals surface area contributed by atoms with Crippen LogP contribution in [0, 0.1) is 4.91 Å². The third kappa shape index (κ3) is 7.32. The van der Waals surface area contributed by atoms with Crippen LogP contribution in [-0.4, -0.2) is 26.4 Å². The van der Waals surface area contributed by atoms with Gasteiger partial charge in [0.05, 0.1) is 13.2 Å². The van der Waals surface area contributed by atoms with E-state index in [1.54, 1.807) is 0 Å². The minimum atomic E-state index is 0.198. The normalized spacial score (nSPS) is 9.00. The van der Waals surface area contributed by atoms with Gasteiger partial charge in [-0.1, -0.05) is 0 Å². The van der Waals surface area contributed by atoms with Gasteiger partial charge >= 0.3 is 0 Å². The van der Waals surface area contributed by atoms with E-state index < -0.39 is 0 Å². The van der Waals surface area contributed by atoms with Crippen LogP contribution >= 0.6 is 0 Å². The summed E-state index contributed by atoms with van der Waals surface area (Å²) in [5.74, 6) is 0. The highest BCUT2D eigenvalue weighted by atomic mass is 16.7. The van der Waals surface area contributed by atoms with Gasteiger partial charge in [-0.25, -0.2) is 0 Å². The molecule has 0 aliphatic rings. The van der Waals surface area contributed by atoms with Crippen molar-refractivity contribution in [2.75, 3.05) is 26.4 Å². The highest BCUT2D eigenvalue weighted by molar-refractivity contribution is 4.30. The molecule has 0 rings (SSSR count). The zero-order chi connectivity index (χ0) is 6.95. The van der Waals surface area contributed by atoms with Gasteiger partial charge in [0, 0.05) is 6.54 Å². The molecule has 0 atom stereocenters. The Hall–Kier alpha value is -0.680. The zero-order valence-electron chi connectivity index (χ0n) is 5.08. The fourth-order valence-electron chi connectivity index (χ4n) is 0.319. The molecule has 0 aromatic carbocycles. The molecule has 54 valence electrons. The van der Waals surface area contributed by atoms with Crippen molar-refractivity contribution < 1.29 is 9.57 Å². The first-order valence-electron chi connectivity index (χ1n) is 2.64. The summed E-state index contributed by atoms with van der Waals surface area (Å²) in [7, 11) is 0. The Labute approximate surface area is 53.0 Å². The molecule has 0 saturated heterocycles. The van der Waals surface area contributed by atoms with Crippen molar-refractivity contribution in [1.29, 1.82) is 0 Å². The molecule has 0 heterocycles. The predicted octanol–water partition coefficient (Wildman–Crippen LogP) is -0.340. The molecular formula is C4H10N2O3. The molecule has 0 saturated carbocycles. The predicted molar refractivity (Wildman–Crippen MR) is 31.6 cm³/mol. The maximum atomic E-state index is 9.29. The van der Waals surface area contributed by atoms with Crippen molar-refractivity contribution in [2.45, 2.75) is 0 Å². The Balaban J connectivity index is 2.66. The Morgan fingerprint density at radius 3 is 2.67 bits per heavy atom. The number of rotatable bonds is 6. The van der Waals surface area contributed by atoms with Crippen molar-refractivity contribution in [3.05, 3.63) is 4.91 Å². The monoisotopic (exact) mass is 134 g/mol. The highest BCUT2D eigenvalue weighted by Gasteiger charge is 1.85. The minimum absolute atomic E-state index is 0.198. The second-order valence-corrected chi connectivity index (χ2v) is 1.31. The lowest BCUT2D eigenvalue weighted by molar-refractivity contribution is 0.0518. The van der Waals surface area contributed by atoms with Gasteiger partial charge < -0.3 is 15.3 Å². The molecule has 9 heavy (non-hydrogen) atoms. The van der Waals surface area contributed by atoms with Gasteiger partial charge in [0.2, 0.25) is 0 Å². The molecule has 0 aliphatic heterocycles. The summed E-state index contributed by atoms with van der Waals surface area (Å²) < 4.78 is 4.84. The molecule has 0 fully saturated rings. The second-order valence-electron chi connectivity index (χ2n) is 1.31. The smallest absolute Gasteiger partial charge is 0.155 e. The average molecular weight is 134 g/mol. The molecule has 0 spiro atoms. The number of hydrogen-bond acceptors (Lipinski definition) is 5. The summed E-state index contributed by atoms with van der Waals surface area (Å²) in [6.45, 7) is 1.53. The van der Waals surface area contributed by atoms with Crippen LogP contribution in [0.5, 0.6) is 0 Å². The number of hydrogen-bond donors (Lipinski definition) is 1. The standard InChI is InChI=1S/C4H10N2O3/c5-1-2-8-3-4-9-6-7/h1-5H2. The van der Waals surface area contributed by atoms with Crippen molar-refractivity contribution >= 4 is 0 Å². The lowest BCUT2D eigenvalue weighted by Crippen LogP contribution is -2.10. The Bertz CT molecular complexity index is 68.8. The quantitative estimate of drug-likeness (QED) is 0.306. The summed E-state index contributed by atoms with van der Waals surface area (Å²) in [5, 5.41) is 2.17. The summed E-state index contributed by atoms with van der Waals surface area (Å²) in [4.78, 5) is 13.4. The van der Waals surface area contributed by atoms with E-state index in [2.05, 4.69) is 10.2 Å². The van der Waals surface area contributed by atoms with Gasteiger partial charge in [-0.2, -0.15) is 0 Å². The summed E-state index contributed by atoms with van der Waals surface area (Å²) in [5.41, 5.74) is 5.09. The van der Waals surface area contributed by atoms with E-state index >= 15 is 0 Å². The van der Waals surface area contributed by atoms with E-state index in [9.17, 15) is 4.91 Å². The molecular weight excluding hydrogens is 124 g/mol. The molecule has 0 aliphatic carbocycles. The average Bonchev–Trinajstić information content (AvgIpc) is 1.89. The van der Waals surface area contributed by atoms with Gasteiger partial charge in [0.1, 0.15) is 6.61 Å². The van der Waals surface area contributed by atoms with Gasteiger partial charge in [-0.3, -0.25) is 0 Å². The molecule has 0 radical (unpaired) electrons. The van der Waals surface area contributed by atoms with E-state index in [0.29, 0.717) is 19.8 Å². The second kappa shape index (κ2) is 7.32. The van der Waals surface area contributed by atoms with E-state index in [0.717, 1.165) is 0 Å². The van der Waals surface area contributed by atoms with Crippen LogP contribution in [0.3, 0.4) is 0 Å². The molecule has 5 nitrogen and oxygen atoms in total. The Kier molecular flexibility index (Phi) is 6.77. The van der Waals surface area contributed by atoms with Gasteiger partial charge in [0.25, 0.3) is 0 Å². The van der Waals surface area contributed by atoms with Crippen molar-refractivity contribution in [1.82, 2.24) is 0 Å². The first kappa shape index (κ1) is 8.32. The van der Waals surface area contributed by atoms with Crippen LogP contribution in [0.15, 0.2) is 5.34 Å². The van der Waals surface area contributed by atoms with E-state index in [4.69, 9.17) is 10.5 Å². The van der Waals surface area contributed by atoms with Crippen molar-refractivity contribution in [2.24, 2.45) is 11.1 Å². The fourth-order valence-corrected chi connectivity index (χ4v) is 0.319. The van der Waals surface area contributed by atoms with Crippen LogP contribution in [0.4, 0.5) is 0 Å². The lowest BCUT2D eigenvalue weighted by Gasteiger charge is -1.97. The van der Waals surface area contributed by atoms with Gasteiger partial charge in [0.15, 0.2) is 5.34 Å². The Morgan fingerprint density at radius 2 is 2.11 bits per heavy atom. The molecule has 0 aromatic heterocycles.